The molecule has 0 rings (SSSR count). The van der Waals surface area contributed by atoms with E-state index < -0.39 is 10.4 Å². The van der Waals surface area contributed by atoms with E-state index in [1.54, 1.807) is 0 Å². The Hall–Kier alpha value is 2.26. The Bertz CT molecular complexity index is 106. The van der Waals surface area contributed by atoms with E-state index in [-0.39, 0.29) is 81.5 Å². The van der Waals surface area contributed by atoms with Gasteiger partial charge in [-0.15, -0.1) is 12.4 Å². The minimum atomic E-state index is -4.67. The van der Waals surface area contributed by atoms with Crippen LogP contribution in [0.3, 0.4) is 0 Å². The predicted octanol–water partition coefficient (Wildman–Crippen LogP) is -1.57. The summed E-state index contributed by atoms with van der Waals surface area (Å²) in [6, 6.07) is 0. The Morgan fingerprint density at radius 1 is 1.25 bits per heavy atom. The molecule has 0 saturated carbocycles. The molecule has 50 valence electrons. The summed E-state index contributed by atoms with van der Waals surface area (Å²) in [5, 5.41) is 0. The molecule has 0 bridgehead atoms. The molecule has 0 fully saturated rings. The SMILES string of the molecule is Cl.O=S(=O)(O)O.[AlH3].[Ba+2].[H-].[H-]. The minimum Gasteiger partial charge on any atom is -1.00 e. The molecular formula is H8AlBaClO4S. The van der Waals surface area contributed by atoms with Gasteiger partial charge in [0.25, 0.3) is 0 Å². The molecule has 0 unspecified atom stereocenters. The summed E-state index contributed by atoms with van der Waals surface area (Å²) in [5.41, 5.74) is 0. The fraction of sp³-hybridized carbons (Fsp3) is 0. The van der Waals surface area contributed by atoms with E-state index in [1.165, 1.54) is 0 Å². The van der Waals surface area contributed by atoms with Gasteiger partial charge in [-0.25, -0.2) is 0 Å². The molecule has 8 heavy (non-hydrogen) atoms. The van der Waals surface area contributed by atoms with E-state index in [0.29, 0.717) is 0 Å². The summed E-state index contributed by atoms with van der Waals surface area (Å²) < 4.78 is 31.6. The molecule has 0 aromatic heterocycles. The van der Waals surface area contributed by atoms with Crippen LogP contribution in [0, 0.1) is 0 Å². The van der Waals surface area contributed by atoms with E-state index in [9.17, 15) is 0 Å². The summed E-state index contributed by atoms with van der Waals surface area (Å²) in [7, 11) is -4.67. The quantitative estimate of drug-likeness (QED) is 0.419. The van der Waals surface area contributed by atoms with Crippen LogP contribution in [0.1, 0.15) is 2.85 Å². The monoisotopic (exact) mass is 304 g/mol. The maximum atomic E-state index is 8.74. The maximum absolute atomic E-state index is 8.74. The zero-order valence-electron chi connectivity index (χ0n) is 5.23. The first-order valence-electron chi connectivity index (χ1n) is 0.698. The molecule has 0 spiro atoms. The van der Waals surface area contributed by atoms with E-state index in [4.69, 9.17) is 17.5 Å². The zero-order chi connectivity index (χ0) is 4.50. The van der Waals surface area contributed by atoms with Crippen molar-refractivity contribution < 1.29 is 20.4 Å². The van der Waals surface area contributed by atoms with Crippen molar-refractivity contribution >= 4 is 89.0 Å². The van der Waals surface area contributed by atoms with Crippen LogP contribution < -0.4 is 0 Å². The van der Waals surface area contributed by atoms with Gasteiger partial charge in [0.1, 0.15) is 0 Å². The minimum absolute atomic E-state index is 0. The Morgan fingerprint density at radius 2 is 1.25 bits per heavy atom. The van der Waals surface area contributed by atoms with Gasteiger partial charge in [0.15, 0.2) is 17.4 Å². The third kappa shape index (κ3) is 85.1. The first-order chi connectivity index (χ1) is 2.00. The van der Waals surface area contributed by atoms with Crippen molar-refractivity contribution in [3.05, 3.63) is 0 Å². The summed E-state index contributed by atoms with van der Waals surface area (Å²) in [6.45, 7) is 0. The fourth-order valence-electron chi connectivity index (χ4n) is 0. The van der Waals surface area contributed by atoms with Crippen LogP contribution in [-0.2, 0) is 10.4 Å². The predicted molar refractivity (Wildman–Crippen MR) is 39.3 cm³/mol. The number of hydrogen-bond acceptors (Lipinski definition) is 2. The molecule has 2 N–H and O–H groups in total. The Kier molecular flexibility index (Phi) is 26.0. The number of halogens is 1. The van der Waals surface area contributed by atoms with Crippen LogP contribution in [0.4, 0.5) is 0 Å². The molecule has 0 aliphatic rings. The van der Waals surface area contributed by atoms with E-state index in [0.717, 1.165) is 0 Å². The molecule has 0 amide bonds. The van der Waals surface area contributed by atoms with Crippen LogP contribution in [0.5, 0.6) is 0 Å². The Labute approximate surface area is 108 Å². The molecular weight excluding hydrogens is 296 g/mol. The van der Waals surface area contributed by atoms with Gasteiger partial charge in [0.2, 0.25) is 0 Å². The second-order valence-corrected chi connectivity index (χ2v) is 1.34. The van der Waals surface area contributed by atoms with Gasteiger partial charge in [-0.1, -0.05) is 0 Å². The largest absolute Gasteiger partial charge is 2.00 e. The van der Waals surface area contributed by atoms with Crippen LogP contribution in [0.15, 0.2) is 0 Å². The van der Waals surface area contributed by atoms with Crippen molar-refractivity contribution in [1.82, 2.24) is 0 Å². The molecule has 8 heteroatoms. The number of hydrogen-bond donors (Lipinski definition) is 2. The topological polar surface area (TPSA) is 74.6 Å². The third-order valence-electron chi connectivity index (χ3n) is 0. The molecule has 0 aromatic rings. The second-order valence-electron chi connectivity index (χ2n) is 0.448. The van der Waals surface area contributed by atoms with Crippen LogP contribution >= 0.6 is 12.4 Å². The molecule has 0 aromatic carbocycles. The first-order valence-corrected chi connectivity index (χ1v) is 2.10. The third-order valence-corrected chi connectivity index (χ3v) is 0. The first kappa shape index (κ1) is 22.4. The van der Waals surface area contributed by atoms with Gasteiger partial charge in [0, 0.05) is 0 Å². The summed E-state index contributed by atoms with van der Waals surface area (Å²) in [6.07, 6.45) is 0. The van der Waals surface area contributed by atoms with Crippen molar-refractivity contribution in [2.75, 3.05) is 0 Å². The van der Waals surface area contributed by atoms with E-state index in [2.05, 4.69) is 0 Å². The van der Waals surface area contributed by atoms with Gasteiger partial charge in [-0.2, -0.15) is 8.42 Å². The molecule has 4 nitrogen and oxygen atoms in total. The van der Waals surface area contributed by atoms with Crippen molar-refractivity contribution in [2.24, 2.45) is 0 Å². The van der Waals surface area contributed by atoms with Crippen molar-refractivity contribution in [2.45, 2.75) is 0 Å². The summed E-state index contributed by atoms with van der Waals surface area (Å²) in [4.78, 5) is 0. The summed E-state index contributed by atoms with van der Waals surface area (Å²) in [5.74, 6) is 0. The Morgan fingerprint density at radius 3 is 1.25 bits per heavy atom. The number of rotatable bonds is 0. The zero-order valence-corrected chi connectivity index (χ0v) is 9.31. The van der Waals surface area contributed by atoms with Gasteiger partial charge in [0.05, 0.1) is 0 Å². The van der Waals surface area contributed by atoms with Gasteiger partial charge in [-0.3, -0.25) is 9.11 Å². The normalized spacial score (nSPS) is 7.25. The molecule has 0 radical (unpaired) electrons. The average molecular weight is 304 g/mol. The Balaban J connectivity index is -0.00000000800. The standard InChI is InChI=1S/Al.Ba.ClH.H2O4S.5H/c;;;1-5(2,3)4;;;;;/h;;1H;(H2,1,2,3,4);;;;;/q;+2;;;;;;2*-1. The van der Waals surface area contributed by atoms with Gasteiger partial charge < -0.3 is 2.85 Å². The molecule has 0 atom stereocenters. The van der Waals surface area contributed by atoms with Crippen LogP contribution in [-0.4, -0.2) is 83.8 Å². The maximum Gasteiger partial charge on any atom is 2.00 e. The van der Waals surface area contributed by atoms with Crippen molar-refractivity contribution in [3.8, 4) is 0 Å². The van der Waals surface area contributed by atoms with E-state index in [1.807, 2.05) is 0 Å². The van der Waals surface area contributed by atoms with Crippen LogP contribution in [0.25, 0.3) is 0 Å². The fourth-order valence-corrected chi connectivity index (χ4v) is 0. The van der Waals surface area contributed by atoms with Gasteiger partial charge >= 0.3 is 59.3 Å². The summed E-state index contributed by atoms with van der Waals surface area (Å²) >= 11 is 0. The smallest absolute Gasteiger partial charge is 1.00 e. The molecule has 0 heterocycles. The van der Waals surface area contributed by atoms with Crippen molar-refractivity contribution in [1.29, 1.82) is 0 Å². The second kappa shape index (κ2) is 9.26. The molecule has 0 aliphatic carbocycles. The van der Waals surface area contributed by atoms with E-state index >= 15 is 0 Å². The molecule has 0 saturated heterocycles. The average Bonchev–Trinajstić information content (AvgIpc) is 0.722. The molecule has 0 aliphatic heterocycles. The van der Waals surface area contributed by atoms with Gasteiger partial charge in [-0.05, 0) is 0 Å². The van der Waals surface area contributed by atoms with Crippen molar-refractivity contribution in [3.63, 3.8) is 0 Å². The van der Waals surface area contributed by atoms with Crippen LogP contribution in [0.2, 0.25) is 0 Å².